The first kappa shape index (κ1) is 13.7. The van der Waals surface area contributed by atoms with Gasteiger partial charge in [-0.05, 0) is 19.8 Å². The van der Waals surface area contributed by atoms with Crippen molar-refractivity contribution in [3.63, 3.8) is 0 Å². The number of aryl methyl sites for hydroxylation is 1. The van der Waals surface area contributed by atoms with E-state index >= 15 is 0 Å². The first-order chi connectivity index (χ1) is 8.22. The first-order valence-corrected chi connectivity index (χ1v) is 6.15. The zero-order valence-corrected chi connectivity index (χ0v) is 10.7. The van der Waals surface area contributed by atoms with E-state index in [1.165, 1.54) is 6.42 Å². The van der Waals surface area contributed by atoms with Crippen molar-refractivity contribution in [1.29, 1.82) is 0 Å². The third-order valence-electron chi connectivity index (χ3n) is 2.29. The molecule has 1 aromatic heterocycles. The smallest absolute Gasteiger partial charge is 0.222 e. The Morgan fingerprint density at radius 2 is 2.06 bits per heavy atom. The lowest BCUT2D eigenvalue weighted by Crippen LogP contribution is -2.09. The molecule has 0 aliphatic heterocycles. The number of hydrogen-bond acceptors (Lipinski definition) is 5. The molecule has 0 radical (unpaired) electrons. The normalized spacial score (nSPS) is 10.5. The van der Waals surface area contributed by atoms with Crippen molar-refractivity contribution in [2.24, 2.45) is 0 Å². The molecule has 0 unspecified atom stereocenters. The average Bonchev–Trinajstić information content (AvgIpc) is 2.26. The minimum Gasteiger partial charge on any atom is -0.381 e. The summed E-state index contributed by atoms with van der Waals surface area (Å²) in [6.07, 6.45) is 3.28. The van der Waals surface area contributed by atoms with Gasteiger partial charge in [0.1, 0.15) is 5.82 Å². The monoisotopic (exact) mass is 238 g/mol. The molecule has 0 saturated carbocycles. The molecule has 0 aromatic carbocycles. The quantitative estimate of drug-likeness (QED) is 0.677. The largest absolute Gasteiger partial charge is 0.381 e. The number of ether oxygens (including phenoxy) is 1. The Balaban J connectivity index is 2.13. The molecule has 0 spiro atoms. The summed E-state index contributed by atoms with van der Waals surface area (Å²) in [6.45, 7) is 6.54. The Labute approximate surface area is 103 Å². The van der Waals surface area contributed by atoms with Crippen LogP contribution < -0.4 is 11.1 Å². The Kier molecular flexibility index (Phi) is 6.32. The van der Waals surface area contributed by atoms with E-state index in [2.05, 4.69) is 22.2 Å². The van der Waals surface area contributed by atoms with E-state index in [1.807, 2.05) is 13.0 Å². The van der Waals surface area contributed by atoms with Crippen LogP contribution in [0.25, 0.3) is 0 Å². The lowest BCUT2D eigenvalue weighted by molar-refractivity contribution is 0.131. The van der Waals surface area contributed by atoms with Gasteiger partial charge in [-0.2, -0.15) is 4.98 Å². The first-order valence-electron chi connectivity index (χ1n) is 6.15. The number of nitrogens with one attached hydrogen (secondary N) is 1. The van der Waals surface area contributed by atoms with Crippen molar-refractivity contribution in [1.82, 2.24) is 9.97 Å². The second kappa shape index (κ2) is 7.84. The van der Waals surface area contributed by atoms with Crippen molar-refractivity contribution < 1.29 is 4.74 Å². The minimum atomic E-state index is 0.312. The Bertz CT molecular complexity index is 310. The van der Waals surface area contributed by atoms with Crippen LogP contribution in [0.15, 0.2) is 6.07 Å². The van der Waals surface area contributed by atoms with Crippen LogP contribution in [0.5, 0.6) is 0 Å². The summed E-state index contributed by atoms with van der Waals surface area (Å²) in [5.74, 6) is 1.09. The Morgan fingerprint density at radius 1 is 1.29 bits per heavy atom. The predicted molar refractivity (Wildman–Crippen MR) is 70.0 cm³/mol. The molecule has 1 rings (SSSR count). The highest BCUT2D eigenvalue weighted by molar-refractivity contribution is 5.39. The fraction of sp³-hybridized carbons (Fsp3) is 0.667. The Morgan fingerprint density at radius 3 is 2.76 bits per heavy atom. The lowest BCUT2D eigenvalue weighted by atomic mass is 10.3. The molecule has 0 amide bonds. The molecule has 1 aromatic rings. The van der Waals surface area contributed by atoms with Crippen LogP contribution in [0.4, 0.5) is 11.8 Å². The third-order valence-corrected chi connectivity index (χ3v) is 2.29. The highest BCUT2D eigenvalue weighted by atomic mass is 16.5. The molecule has 0 aliphatic carbocycles. The number of unbranched alkanes of at least 4 members (excludes halogenated alkanes) is 1. The van der Waals surface area contributed by atoms with E-state index < -0.39 is 0 Å². The molecule has 0 fully saturated rings. The van der Waals surface area contributed by atoms with Crippen LogP contribution in [0.2, 0.25) is 0 Å². The number of rotatable bonds is 8. The van der Waals surface area contributed by atoms with Crippen LogP contribution in [-0.4, -0.2) is 29.7 Å². The van der Waals surface area contributed by atoms with Crippen LogP contribution in [-0.2, 0) is 4.74 Å². The molecule has 5 nitrogen and oxygen atoms in total. The summed E-state index contributed by atoms with van der Waals surface area (Å²) in [5.41, 5.74) is 6.43. The topological polar surface area (TPSA) is 73.1 Å². The van der Waals surface area contributed by atoms with Crippen molar-refractivity contribution in [2.45, 2.75) is 33.1 Å². The minimum absolute atomic E-state index is 0.312. The summed E-state index contributed by atoms with van der Waals surface area (Å²) >= 11 is 0. The molecule has 3 N–H and O–H groups in total. The molecular weight excluding hydrogens is 216 g/mol. The summed E-state index contributed by atoms with van der Waals surface area (Å²) in [6, 6.07) is 1.88. The van der Waals surface area contributed by atoms with E-state index in [0.717, 1.165) is 44.1 Å². The van der Waals surface area contributed by atoms with E-state index in [-0.39, 0.29) is 0 Å². The number of hydrogen-bond donors (Lipinski definition) is 2. The van der Waals surface area contributed by atoms with E-state index in [0.29, 0.717) is 5.95 Å². The number of nitrogens with two attached hydrogens (primary N) is 1. The van der Waals surface area contributed by atoms with Crippen molar-refractivity contribution in [3.05, 3.63) is 11.8 Å². The molecule has 96 valence electrons. The van der Waals surface area contributed by atoms with Gasteiger partial charge in [-0.3, -0.25) is 0 Å². The van der Waals surface area contributed by atoms with Crippen molar-refractivity contribution >= 4 is 11.8 Å². The zero-order valence-electron chi connectivity index (χ0n) is 10.7. The molecule has 5 heteroatoms. The maximum Gasteiger partial charge on any atom is 0.222 e. The van der Waals surface area contributed by atoms with Gasteiger partial charge >= 0.3 is 0 Å². The molecule has 1 heterocycles. The van der Waals surface area contributed by atoms with Crippen LogP contribution in [0, 0.1) is 6.92 Å². The van der Waals surface area contributed by atoms with E-state index in [1.54, 1.807) is 0 Å². The summed E-state index contributed by atoms with van der Waals surface area (Å²) < 4.78 is 5.46. The standard InChI is InChI=1S/C12H22N4O/c1-3-4-7-17-8-5-6-14-11-9-10(2)15-12(13)16-11/h9H,3-8H2,1-2H3,(H3,13,14,15,16). The maximum atomic E-state index is 5.56. The van der Waals surface area contributed by atoms with Gasteiger partial charge < -0.3 is 15.8 Å². The van der Waals surface area contributed by atoms with Gasteiger partial charge in [0.05, 0.1) is 0 Å². The second-order valence-corrected chi connectivity index (χ2v) is 4.00. The molecule has 17 heavy (non-hydrogen) atoms. The van der Waals surface area contributed by atoms with Gasteiger partial charge in [-0.25, -0.2) is 4.98 Å². The number of anilines is 2. The van der Waals surface area contributed by atoms with Crippen LogP contribution >= 0.6 is 0 Å². The van der Waals surface area contributed by atoms with Crippen LogP contribution in [0.1, 0.15) is 31.9 Å². The SMILES string of the molecule is CCCCOCCCNc1cc(C)nc(N)n1. The lowest BCUT2D eigenvalue weighted by Gasteiger charge is -2.07. The summed E-state index contributed by atoms with van der Waals surface area (Å²) in [4.78, 5) is 8.11. The molecule has 0 aliphatic rings. The van der Waals surface area contributed by atoms with Crippen LogP contribution in [0.3, 0.4) is 0 Å². The molecule has 0 saturated heterocycles. The van der Waals surface area contributed by atoms with Crippen molar-refractivity contribution in [3.8, 4) is 0 Å². The van der Waals surface area contributed by atoms with Gasteiger partial charge in [-0.1, -0.05) is 13.3 Å². The fourth-order valence-corrected chi connectivity index (χ4v) is 1.42. The highest BCUT2D eigenvalue weighted by Gasteiger charge is 1.98. The average molecular weight is 238 g/mol. The number of nitrogens with zero attached hydrogens (tertiary/aromatic N) is 2. The van der Waals surface area contributed by atoms with Gasteiger partial charge in [0, 0.05) is 31.5 Å². The van der Waals surface area contributed by atoms with Gasteiger partial charge in [-0.15, -0.1) is 0 Å². The third kappa shape index (κ3) is 6.06. The Hall–Kier alpha value is -1.36. The molecule has 0 bridgehead atoms. The molecule has 0 atom stereocenters. The molecular formula is C12H22N4O. The van der Waals surface area contributed by atoms with Gasteiger partial charge in [0.25, 0.3) is 0 Å². The maximum absolute atomic E-state index is 5.56. The van der Waals surface area contributed by atoms with Gasteiger partial charge in [0.2, 0.25) is 5.95 Å². The van der Waals surface area contributed by atoms with E-state index in [9.17, 15) is 0 Å². The number of nitrogen functional groups attached to an aromatic ring is 1. The van der Waals surface area contributed by atoms with Crippen molar-refractivity contribution in [2.75, 3.05) is 30.8 Å². The number of aromatic nitrogens is 2. The van der Waals surface area contributed by atoms with E-state index in [4.69, 9.17) is 10.5 Å². The summed E-state index contributed by atoms with van der Waals surface area (Å²) in [7, 11) is 0. The second-order valence-electron chi connectivity index (χ2n) is 4.00. The fourth-order valence-electron chi connectivity index (χ4n) is 1.42. The summed E-state index contributed by atoms with van der Waals surface area (Å²) in [5, 5.41) is 3.21. The predicted octanol–water partition coefficient (Wildman–Crippen LogP) is 1.99. The highest BCUT2D eigenvalue weighted by Crippen LogP contribution is 2.06. The van der Waals surface area contributed by atoms with Gasteiger partial charge in [0.15, 0.2) is 0 Å². The zero-order chi connectivity index (χ0) is 12.5.